The van der Waals surface area contributed by atoms with Crippen molar-refractivity contribution >= 4 is 23.4 Å². The Morgan fingerprint density at radius 2 is 1.62 bits per heavy atom. The van der Waals surface area contributed by atoms with Crippen LogP contribution < -0.4 is 5.32 Å². The highest BCUT2D eigenvalue weighted by Crippen LogP contribution is 2.43. The number of carbonyl (C=O) groups excluding carboxylic acids is 2. The molecule has 1 N–H and O–H groups in total. The number of carbonyl (C=O) groups is 2. The summed E-state index contributed by atoms with van der Waals surface area (Å²) in [6, 6.07) is 24.5. The van der Waals surface area contributed by atoms with E-state index in [1.54, 1.807) is 6.07 Å². The van der Waals surface area contributed by atoms with Crippen molar-refractivity contribution in [2.75, 3.05) is 6.54 Å². The van der Waals surface area contributed by atoms with Crippen LogP contribution in [-0.2, 0) is 19.9 Å². The number of rotatable bonds is 7. The second-order valence-corrected chi connectivity index (χ2v) is 8.57. The summed E-state index contributed by atoms with van der Waals surface area (Å²) in [6.45, 7) is 2.80. The molecule has 1 saturated heterocycles. The fraction of sp³-hybridized carbons (Fsp3) is 0.259. The monoisotopic (exact) mass is 447 g/mol. The minimum atomic E-state index is -1.28. The molecule has 2 unspecified atom stereocenters. The standard InChI is InChI=1S/C27H26ClNO3/c1-19-13-15-21(16-14-19)27(20-8-3-2-4-9-20,22-10-5-6-11-23(22)28)32-26(31)18-25(30)24-12-7-17-29-24/h2-6,8-11,13-16,24,29H,7,12,17-18H2,1H3. The molecule has 0 saturated carbocycles. The normalized spacial score (nSPS) is 17.5. The van der Waals surface area contributed by atoms with Gasteiger partial charge < -0.3 is 10.1 Å². The van der Waals surface area contributed by atoms with Crippen molar-refractivity contribution in [3.8, 4) is 0 Å². The quantitative estimate of drug-likeness (QED) is 0.307. The van der Waals surface area contributed by atoms with Gasteiger partial charge in [0.2, 0.25) is 0 Å². The summed E-state index contributed by atoms with van der Waals surface area (Å²) in [4.78, 5) is 25.9. The third-order valence-electron chi connectivity index (χ3n) is 5.93. The zero-order valence-corrected chi connectivity index (χ0v) is 18.8. The predicted octanol–water partition coefficient (Wildman–Crippen LogP) is 5.19. The molecule has 3 aromatic carbocycles. The number of ketones is 1. The van der Waals surface area contributed by atoms with Crippen molar-refractivity contribution in [3.05, 3.63) is 106 Å². The fourth-order valence-corrected chi connectivity index (χ4v) is 4.56. The Kier molecular flexibility index (Phi) is 6.73. The second kappa shape index (κ2) is 9.68. The van der Waals surface area contributed by atoms with Crippen LogP contribution in [0.25, 0.3) is 0 Å². The maximum Gasteiger partial charge on any atom is 0.314 e. The van der Waals surface area contributed by atoms with E-state index < -0.39 is 11.6 Å². The van der Waals surface area contributed by atoms with Gasteiger partial charge in [0.15, 0.2) is 11.4 Å². The topological polar surface area (TPSA) is 55.4 Å². The Morgan fingerprint density at radius 1 is 0.969 bits per heavy atom. The lowest BCUT2D eigenvalue weighted by Crippen LogP contribution is -2.38. The van der Waals surface area contributed by atoms with Gasteiger partial charge in [0, 0.05) is 21.7 Å². The van der Waals surface area contributed by atoms with Crippen LogP contribution in [0, 0.1) is 6.92 Å². The maximum absolute atomic E-state index is 13.2. The minimum absolute atomic E-state index is 0.141. The minimum Gasteiger partial charge on any atom is -0.444 e. The number of hydrogen-bond acceptors (Lipinski definition) is 4. The van der Waals surface area contributed by atoms with Crippen molar-refractivity contribution in [2.24, 2.45) is 0 Å². The molecule has 0 bridgehead atoms. The number of benzene rings is 3. The van der Waals surface area contributed by atoms with Crippen molar-refractivity contribution in [1.82, 2.24) is 5.32 Å². The molecular weight excluding hydrogens is 422 g/mol. The number of halogens is 1. The smallest absolute Gasteiger partial charge is 0.314 e. The molecule has 0 spiro atoms. The van der Waals surface area contributed by atoms with Crippen molar-refractivity contribution in [3.63, 3.8) is 0 Å². The molecule has 0 radical (unpaired) electrons. The Morgan fingerprint density at radius 3 is 2.28 bits per heavy atom. The van der Waals surface area contributed by atoms with Crippen molar-refractivity contribution in [1.29, 1.82) is 0 Å². The van der Waals surface area contributed by atoms with Gasteiger partial charge in [0.25, 0.3) is 0 Å². The van der Waals surface area contributed by atoms with E-state index in [0.29, 0.717) is 10.6 Å². The molecule has 164 valence electrons. The average Bonchev–Trinajstić information content (AvgIpc) is 3.34. The Hall–Kier alpha value is -2.95. The van der Waals surface area contributed by atoms with Crippen LogP contribution in [0.5, 0.6) is 0 Å². The van der Waals surface area contributed by atoms with Crippen LogP contribution in [0.1, 0.15) is 41.5 Å². The van der Waals surface area contributed by atoms with E-state index in [1.165, 1.54) is 0 Å². The molecule has 0 amide bonds. The Bertz CT molecular complexity index is 1090. The van der Waals surface area contributed by atoms with Crippen molar-refractivity contribution < 1.29 is 14.3 Å². The van der Waals surface area contributed by atoms with E-state index >= 15 is 0 Å². The van der Waals surface area contributed by atoms with Crippen LogP contribution >= 0.6 is 11.6 Å². The lowest BCUT2D eigenvalue weighted by molar-refractivity contribution is -0.155. The number of Topliss-reactive ketones (excluding diaryl/α,β-unsaturated/α-hetero) is 1. The maximum atomic E-state index is 13.2. The summed E-state index contributed by atoms with van der Waals surface area (Å²) >= 11 is 6.66. The van der Waals surface area contributed by atoms with E-state index in [4.69, 9.17) is 16.3 Å². The molecular formula is C27H26ClNO3. The summed E-state index contributed by atoms with van der Waals surface area (Å²) in [5, 5.41) is 3.64. The first-order valence-electron chi connectivity index (χ1n) is 10.9. The molecule has 32 heavy (non-hydrogen) atoms. The molecule has 1 aliphatic rings. The van der Waals surface area contributed by atoms with Crippen LogP contribution in [-0.4, -0.2) is 24.3 Å². The molecule has 1 aliphatic heterocycles. The van der Waals surface area contributed by atoms with Crippen LogP contribution in [0.4, 0.5) is 0 Å². The van der Waals surface area contributed by atoms with E-state index in [9.17, 15) is 9.59 Å². The Labute approximate surface area is 193 Å². The van der Waals surface area contributed by atoms with Gasteiger partial charge in [-0.05, 0) is 32.4 Å². The number of esters is 1. The molecule has 1 fully saturated rings. The van der Waals surface area contributed by atoms with E-state index in [0.717, 1.165) is 36.1 Å². The van der Waals surface area contributed by atoms with Gasteiger partial charge in [-0.3, -0.25) is 9.59 Å². The number of nitrogens with one attached hydrogen (secondary N) is 1. The SMILES string of the molecule is Cc1ccc(C(OC(=O)CC(=O)C2CCCN2)(c2ccccc2)c2ccccc2Cl)cc1. The number of aryl methyl sites for hydroxylation is 1. The highest BCUT2D eigenvalue weighted by Gasteiger charge is 2.42. The first-order chi connectivity index (χ1) is 15.5. The molecule has 3 aromatic rings. The second-order valence-electron chi connectivity index (χ2n) is 8.16. The number of ether oxygens (including phenoxy) is 1. The lowest BCUT2D eigenvalue weighted by Gasteiger charge is -2.36. The fourth-order valence-electron chi connectivity index (χ4n) is 4.29. The third kappa shape index (κ3) is 4.47. The van der Waals surface area contributed by atoms with Gasteiger partial charge in [-0.1, -0.05) is 90.0 Å². The lowest BCUT2D eigenvalue weighted by atomic mass is 9.79. The largest absolute Gasteiger partial charge is 0.444 e. The Balaban J connectivity index is 1.82. The molecule has 5 heteroatoms. The highest BCUT2D eigenvalue weighted by molar-refractivity contribution is 6.31. The first-order valence-corrected chi connectivity index (χ1v) is 11.2. The summed E-state index contributed by atoms with van der Waals surface area (Å²) in [5.74, 6) is -0.717. The molecule has 0 aromatic heterocycles. The molecule has 1 heterocycles. The average molecular weight is 448 g/mol. The third-order valence-corrected chi connectivity index (χ3v) is 6.26. The highest BCUT2D eigenvalue weighted by atomic mass is 35.5. The summed E-state index contributed by atoms with van der Waals surface area (Å²) in [5.41, 5.74) is 1.98. The summed E-state index contributed by atoms with van der Waals surface area (Å²) in [7, 11) is 0. The van der Waals surface area contributed by atoms with Crippen LogP contribution in [0.3, 0.4) is 0 Å². The summed E-state index contributed by atoms with van der Waals surface area (Å²) < 4.78 is 6.28. The van der Waals surface area contributed by atoms with Gasteiger partial charge in [-0.2, -0.15) is 0 Å². The molecule has 0 aliphatic carbocycles. The zero-order valence-electron chi connectivity index (χ0n) is 18.0. The zero-order chi connectivity index (χ0) is 22.6. The predicted molar refractivity (Wildman–Crippen MR) is 126 cm³/mol. The summed E-state index contributed by atoms with van der Waals surface area (Å²) in [6.07, 6.45) is 1.39. The molecule has 2 atom stereocenters. The van der Waals surface area contributed by atoms with E-state index in [-0.39, 0.29) is 18.2 Å². The van der Waals surface area contributed by atoms with Gasteiger partial charge in [-0.25, -0.2) is 0 Å². The van der Waals surface area contributed by atoms with Gasteiger partial charge >= 0.3 is 5.97 Å². The molecule has 4 nitrogen and oxygen atoms in total. The number of hydrogen-bond donors (Lipinski definition) is 1. The van der Waals surface area contributed by atoms with Gasteiger partial charge in [-0.15, -0.1) is 0 Å². The van der Waals surface area contributed by atoms with Crippen molar-refractivity contribution in [2.45, 2.75) is 37.8 Å². The van der Waals surface area contributed by atoms with Crippen LogP contribution in [0.2, 0.25) is 5.02 Å². The molecule has 4 rings (SSSR count). The van der Waals surface area contributed by atoms with Gasteiger partial charge in [0.05, 0.1) is 6.04 Å². The first kappa shape index (κ1) is 22.3. The van der Waals surface area contributed by atoms with Gasteiger partial charge in [0.1, 0.15) is 6.42 Å². The van der Waals surface area contributed by atoms with E-state index in [2.05, 4.69) is 5.32 Å². The van der Waals surface area contributed by atoms with Crippen LogP contribution in [0.15, 0.2) is 78.9 Å². The van der Waals surface area contributed by atoms with E-state index in [1.807, 2.05) is 79.7 Å².